The molecule has 0 aromatic carbocycles. The third-order valence-electron chi connectivity index (χ3n) is 1.69. The van der Waals surface area contributed by atoms with Gasteiger partial charge in [-0.15, -0.1) is 0 Å². The lowest BCUT2D eigenvalue weighted by atomic mass is 10.4. The normalized spacial score (nSPS) is 10.1. The SMILES string of the molecule is NCCC(=O)NCCOCCOCCC=O. The highest BCUT2D eigenvalue weighted by molar-refractivity contribution is 5.75. The van der Waals surface area contributed by atoms with E-state index in [1.807, 2.05) is 0 Å². The summed E-state index contributed by atoms with van der Waals surface area (Å²) in [6, 6.07) is 0. The van der Waals surface area contributed by atoms with E-state index < -0.39 is 0 Å². The number of amides is 1. The largest absolute Gasteiger partial charge is 0.379 e. The van der Waals surface area contributed by atoms with Crippen LogP contribution in [0, 0.1) is 0 Å². The molecular formula is C10H20N2O4. The first-order valence-electron chi connectivity index (χ1n) is 5.37. The lowest BCUT2D eigenvalue weighted by molar-refractivity contribution is -0.121. The van der Waals surface area contributed by atoms with Crippen LogP contribution >= 0.6 is 0 Å². The maximum atomic E-state index is 10.9. The predicted molar refractivity (Wildman–Crippen MR) is 59.0 cm³/mol. The monoisotopic (exact) mass is 232 g/mol. The number of ether oxygens (including phenoxy) is 2. The van der Waals surface area contributed by atoms with Crippen LogP contribution in [-0.2, 0) is 19.1 Å². The van der Waals surface area contributed by atoms with Gasteiger partial charge in [-0.1, -0.05) is 0 Å². The maximum absolute atomic E-state index is 10.9. The Morgan fingerprint density at radius 2 is 1.88 bits per heavy atom. The van der Waals surface area contributed by atoms with Gasteiger partial charge in [0.05, 0.1) is 26.4 Å². The molecule has 0 heterocycles. The molecule has 0 saturated carbocycles. The Morgan fingerprint density at radius 1 is 1.19 bits per heavy atom. The summed E-state index contributed by atoms with van der Waals surface area (Å²) in [5, 5.41) is 2.66. The first-order chi connectivity index (χ1) is 7.81. The zero-order chi connectivity index (χ0) is 12.1. The van der Waals surface area contributed by atoms with Crippen molar-refractivity contribution in [3.05, 3.63) is 0 Å². The molecule has 0 aromatic heterocycles. The van der Waals surface area contributed by atoms with Crippen molar-refractivity contribution in [2.24, 2.45) is 5.73 Å². The summed E-state index contributed by atoms with van der Waals surface area (Å²) >= 11 is 0. The Balaban J connectivity index is 3.03. The van der Waals surface area contributed by atoms with Crippen molar-refractivity contribution in [2.45, 2.75) is 12.8 Å². The number of hydrogen-bond donors (Lipinski definition) is 2. The van der Waals surface area contributed by atoms with E-state index in [0.717, 1.165) is 6.29 Å². The van der Waals surface area contributed by atoms with Crippen LogP contribution in [0.5, 0.6) is 0 Å². The zero-order valence-corrected chi connectivity index (χ0v) is 9.44. The Kier molecular flexibility index (Phi) is 11.4. The van der Waals surface area contributed by atoms with Gasteiger partial charge in [0, 0.05) is 25.9 Å². The number of hydrogen-bond acceptors (Lipinski definition) is 5. The standard InChI is InChI=1S/C10H20N2O4/c11-3-2-10(14)12-4-7-16-9-8-15-6-1-5-13/h5H,1-4,6-9,11H2,(H,12,14). The zero-order valence-electron chi connectivity index (χ0n) is 9.44. The number of carbonyl (C=O) groups is 2. The molecule has 0 unspecified atom stereocenters. The Bertz CT molecular complexity index is 188. The molecule has 0 aliphatic rings. The van der Waals surface area contributed by atoms with Gasteiger partial charge in [-0.3, -0.25) is 4.79 Å². The number of rotatable bonds is 11. The van der Waals surface area contributed by atoms with E-state index in [0.29, 0.717) is 52.4 Å². The Hall–Kier alpha value is -0.980. The molecule has 1 amide bonds. The van der Waals surface area contributed by atoms with Crippen LogP contribution in [0.15, 0.2) is 0 Å². The predicted octanol–water partition coefficient (Wildman–Crippen LogP) is -0.926. The van der Waals surface area contributed by atoms with Crippen molar-refractivity contribution in [1.29, 1.82) is 0 Å². The van der Waals surface area contributed by atoms with Gasteiger partial charge in [0.2, 0.25) is 5.91 Å². The Morgan fingerprint density at radius 3 is 2.50 bits per heavy atom. The molecule has 94 valence electrons. The van der Waals surface area contributed by atoms with Gasteiger partial charge >= 0.3 is 0 Å². The molecule has 16 heavy (non-hydrogen) atoms. The number of aldehydes is 1. The maximum Gasteiger partial charge on any atom is 0.221 e. The van der Waals surface area contributed by atoms with Gasteiger partial charge in [0.1, 0.15) is 6.29 Å². The summed E-state index contributed by atoms with van der Waals surface area (Å²) in [4.78, 5) is 20.9. The number of nitrogens with two attached hydrogens (primary N) is 1. The van der Waals surface area contributed by atoms with E-state index in [-0.39, 0.29) is 5.91 Å². The minimum atomic E-state index is -0.0617. The van der Waals surface area contributed by atoms with Crippen molar-refractivity contribution in [3.8, 4) is 0 Å². The summed E-state index contributed by atoms with van der Waals surface area (Å²) in [5.41, 5.74) is 5.21. The molecular weight excluding hydrogens is 212 g/mol. The molecule has 0 fully saturated rings. The molecule has 0 spiro atoms. The smallest absolute Gasteiger partial charge is 0.221 e. The van der Waals surface area contributed by atoms with E-state index in [2.05, 4.69) is 5.32 Å². The molecule has 6 nitrogen and oxygen atoms in total. The molecule has 0 aliphatic heterocycles. The number of nitrogens with one attached hydrogen (secondary N) is 1. The highest BCUT2D eigenvalue weighted by Gasteiger charge is 1.97. The van der Waals surface area contributed by atoms with Gasteiger partial charge in [0.15, 0.2) is 0 Å². The van der Waals surface area contributed by atoms with Crippen LogP contribution < -0.4 is 11.1 Å². The summed E-state index contributed by atoms with van der Waals surface area (Å²) in [6.45, 7) is 2.65. The van der Waals surface area contributed by atoms with Crippen LogP contribution in [-0.4, -0.2) is 51.7 Å². The molecule has 0 bridgehead atoms. The fraction of sp³-hybridized carbons (Fsp3) is 0.800. The van der Waals surface area contributed by atoms with Crippen LogP contribution in [0.4, 0.5) is 0 Å². The van der Waals surface area contributed by atoms with E-state index in [1.165, 1.54) is 0 Å². The average molecular weight is 232 g/mol. The molecule has 0 aromatic rings. The fourth-order valence-corrected chi connectivity index (χ4v) is 0.936. The second-order valence-corrected chi connectivity index (χ2v) is 3.07. The van der Waals surface area contributed by atoms with Crippen molar-refractivity contribution >= 4 is 12.2 Å². The van der Waals surface area contributed by atoms with Gasteiger partial charge in [-0.25, -0.2) is 0 Å². The van der Waals surface area contributed by atoms with Gasteiger partial charge in [0.25, 0.3) is 0 Å². The van der Waals surface area contributed by atoms with Crippen LogP contribution in [0.25, 0.3) is 0 Å². The molecule has 0 saturated heterocycles. The van der Waals surface area contributed by atoms with E-state index in [1.54, 1.807) is 0 Å². The highest BCUT2D eigenvalue weighted by atomic mass is 16.5. The molecule has 0 rings (SSSR count). The minimum Gasteiger partial charge on any atom is -0.379 e. The second kappa shape index (κ2) is 12.1. The first-order valence-corrected chi connectivity index (χ1v) is 5.37. The number of carbonyl (C=O) groups excluding carboxylic acids is 2. The van der Waals surface area contributed by atoms with Crippen molar-refractivity contribution in [1.82, 2.24) is 5.32 Å². The van der Waals surface area contributed by atoms with Crippen molar-refractivity contribution in [3.63, 3.8) is 0 Å². The molecule has 0 radical (unpaired) electrons. The summed E-state index contributed by atoms with van der Waals surface area (Å²) in [6.07, 6.45) is 1.57. The van der Waals surface area contributed by atoms with E-state index >= 15 is 0 Å². The minimum absolute atomic E-state index is 0.0617. The molecule has 3 N–H and O–H groups in total. The fourth-order valence-electron chi connectivity index (χ4n) is 0.936. The topological polar surface area (TPSA) is 90.7 Å². The van der Waals surface area contributed by atoms with Crippen LogP contribution in [0.3, 0.4) is 0 Å². The highest BCUT2D eigenvalue weighted by Crippen LogP contribution is 1.81. The van der Waals surface area contributed by atoms with E-state index in [4.69, 9.17) is 15.2 Å². The summed E-state index contributed by atoms with van der Waals surface area (Å²) < 4.78 is 10.3. The van der Waals surface area contributed by atoms with Crippen molar-refractivity contribution < 1.29 is 19.1 Å². The molecule has 6 heteroatoms. The molecule has 0 atom stereocenters. The summed E-state index contributed by atoms with van der Waals surface area (Å²) in [7, 11) is 0. The third kappa shape index (κ3) is 11.1. The van der Waals surface area contributed by atoms with Gasteiger partial charge in [-0.2, -0.15) is 0 Å². The Labute approximate surface area is 95.5 Å². The van der Waals surface area contributed by atoms with Crippen LogP contribution in [0.1, 0.15) is 12.8 Å². The lowest BCUT2D eigenvalue weighted by Gasteiger charge is -2.06. The third-order valence-corrected chi connectivity index (χ3v) is 1.69. The van der Waals surface area contributed by atoms with E-state index in [9.17, 15) is 9.59 Å². The lowest BCUT2D eigenvalue weighted by Crippen LogP contribution is -2.29. The van der Waals surface area contributed by atoms with Gasteiger partial charge in [-0.05, 0) is 0 Å². The second-order valence-electron chi connectivity index (χ2n) is 3.07. The average Bonchev–Trinajstić information content (AvgIpc) is 2.27. The van der Waals surface area contributed by atoms with Crippen molar-refractivity contribution in [2.75, 3.05) is 39.5 Å². The quantitative estimate of drug-likeness (QED) is 0.355. The first kappa shape index (κ1) is 15.0. The van der Waals surface area contributed by atoms with Crippen LogP contribution in [0.2, 0.25) is 0 Å². The van der Waals surface area contributed by atoms with Gasteiger partial charge < -0.3 is 25.3 Å². The molecule has 0 aliphatic carbocycles. The summed E-state index contributed by atoms with van der Waals surface area (Å²) in [5.74, 6) is -0.0617.